The fourth-order valence-corrected chi connectivity index (χ4v) is 0.813. The van der Waals surface area contributed by atoms with Crippen LogP contribution in [0.15, 0.2) is 0 Å². The predicted molar refractivity (Wildman–Crippen MR) is 47.8 cm³/mol. The van der Waals surface area contributed by atoms with E-state index in [1.165, 1.54) is 32.3 Å². The molecule has 1 heteroatoms. The molecule has 0 aliphatic heterocycles. The molecule has 1 nitrogen and oxygen atoms in total. The molecule has 0 aromatic heterocycles. The Morgan fingerprint density at radius 3 is 2.73 bits per heavy atom. The minimum Gasteiger partial charge on any atom is -0.365 e. The van der Waals surface area contributed by atoms with E-state index >= 15 is 0 Å². The third kappa shape index (κ3) is 9.52. The molecule has 0 fully saturated rings. The Hall–Kier alpha value is -0.480. The van der Waals surface area contributed by atoms with Crippen LogP contribution in [0.25, 0.3) is 0 Å². The summed E-state index contributed by atoms with van der Waals surface area (Å²) in [5, 5.41) is 0. The highest BCUT2D eigenvalue weighted by atomic mass is 16.5. The van der Waals surface area contributed by atoms with Crippen LogP contribution in [0.1, 0.15) is 39.0 Å². The lowest BCUT2D eigenvalue weighted by molar-refractivity contribution is 0.301. The Labute approximate surface area is 70.1 Å². The van der Waals surface area contributed by atoms with Crippen LogP contribution in [0.2, 0.25) is 0 Å². The second kappa shape index (κ2) is 9.52. The van der Waals surface area contributed by atoms with Gasteiger partial charge in [-0.25, -0.2) is 0 Å². The highest BCUT2D eigenvalue weighted by molar-refractivity contribution is 5.05. The highest BCUT2D eigenvalue weighted by Gasteiger charge is 1.83. The molecule has 0 aromatic rings. The second-order valence-corrected chi connectivity index (χ2v) is 2.49. The lowest BCUT2D eigenvalue weighted by Gasteiger charge is -1.91. The van der Waals surface area contributed by atoms with Gasteiger partial charge in [0.1, 0.15) is 0 Å². The Bertz CT molecular complexity index is 119. The van der Waals surface area contributed by atoms with Crippen molar-refractivity contribution in [3.8, 4) is 11.8 Å². The van der Waals surface area contributed by atoms with E-state index in [1.807, 2.05) is 0 Å². The average molecular weight is 153 g/mol. The highest BCUT2D eigenvalue weighted by Crippen LogP contribution is 2.00. The Morgan fingerprint density at radius 2 is 2.09 bits per heavy atom. The SMILES string of the molecule is CCCCCCC#C[CH]OC. The first-order valence-corrected chi connectivity index (χ1v) is 4.24. The second-order valence-electron chi connectivity index (χ2n) is 2.49. The molecule has 0 aliphatic rings. The number of unbranched alkanes of at least 4 members (excludes halogenated alkanes) is 4. The summed E-state index contributed by atoms with van der Waals surface area (Å²) in [6.45, 7) is 3.74. The van der Waals surface area contributed by atoms with Gasteiger partial charge in [0.25, 0.3) is 0 Å². The van der Waals surface area contributed by atoms with Gasteiger partial charge in [-0.3, -0.25) is 0 Å². The van der Waals surface area contributed by atoms with Gasteiger partial charge in [-0.2, -0.15) is 0 Å². The molecule has 0 saturated carbocycles. The van der Waals surface area contributed by atoms with Crippen molar-refractivity contribution in [2.45, 2.75) is 39.0 Å². The van der Waals surface area contributed by atoms with Gasteiger partial charge in [0.2, 0.25) is 0 Å². The average Bonchev–Trinajstić information content (AvgIpc) is 2.03. The van der Waals surface area contributed by atoms with Crippen molar-refractivity contribution >= 4 is 0 Å². The fraction of sp³-hybridized carbons (Fsp3) is 0.700. The molecule has 11 heavy (non-hydrogen) atoms. The zero-order valence-electron chi connectivity index (χ0n) is 7.52. The van der Waals surface area contributed by atoms with E-state index in [2.05, 4.69) is 23.5 Å². The van der Waals surface area contributed by atoms with Gasteiger partial charge in [-0.05, 0) is 6.42 Å². The van der Waals surface area contributed by atoms with Crippen molar-refractivity contribution in [1.29, 1.82) is 0 Å². The molecule has 0 heterocycles. The van der Waals surface area contributed by atoms with E-state index in [4.69, 9.17) is 0 Å². The number of ether oxygens (including phenoxy) is 1. The van der Waals surface area contributed by atoms with Crippen LogP contribution in [0, 0.1) is 18.4 Å². The van der Waals surface area contributed by atoms with Crippen LogP contribution in [0.5, 0.6) is 0 Å². The largest absolute Gasteiger partial charge is 0.365 e. The van der Waals surface area contributed by atoms with Crippen LogP contribution in [0.4, 0.5) is 0 Å². The van der Waals surface area contributed by atoms with Gasteiger partial charge >= 0.3 is 0 Å². The summed E-state index contributed by atoms with van der Waals surface area (Å²) in [4.78, 5) is 0. The van der Waals surface area contributed by atoms with Crippen molar-refractivity contribution < 1.29 is 4.74 Å². The van der Waals surface area contributed by atoms with Crippen LogP contribution in [-0.2, 0) is 4.74 Å². The normalized spacial score (nSPS) is 8.91. The van der Waals surface area contributed by atoms with E-state index in [9.17, 15) is 0 Å². The molecular formula is C10H17O. The van der Waals surface area contributed by atoms with Gasteiger partial charge in [-0.15, -0.1) is 5.92 Å². The Morgan fingerprint density at radius 1 is 1.27 bits per heavy atom. The molecule has 0 aliphatic carbocycles. The molecule has 0 unspecified atom stereocenters. The summed E-state index contributed by atoms with van der Waals surface area (Å²) in [5.41, 5.74) is 0. The molecule has 0 aromatic carbocycles. The van der Waals surface area contributed by atoms with Gasteiger partial charge in [0.15, 0.2) is 6.61 Å². The molecule has 0 rings (SSSR count). The molecule has 63 valence electrons. The van der Waals surface area contributed by atoms with E-state index in [-0.39, 0.29) is 0 Å². The van der Waals surface area contributed by atoms with E-state index in [0.29, 0.717) is 0 Å². The molecular weight excluding hydrogens is 136 g/mol. The van der Waals surface area contributed by atoms with Gasteiger partial charge in [0.05, 0.1) is 0 Å². The standard InChI is InChI=1S/C10H17O/c1-3-4-5-6-7-8-9-10-11-2/h10H,3-7H2,1-2H3. The first-order valence-electron chi connectivity index (χ1n) is 4.24. The molecule has 0 spiro atoms. The van der Waals surface area contributed by atoms with Gasteiger partial charge in [0, 0.05) is 13.5 Å². The van der Waals surface area contributed by atoms with Crippen molar-refractivity contribution in [2.75, 3.05) is 7.11 Å². The maximum Gasteiger partial charge on any atom is 0.155 e. The number of rotatable bonds is 5. The first kappa shape index (κ1) is 10.5. The van der Waals surface area contributed by atoms with Crippen LogP contribution >= 0.6 is 0 Å². The number of hydrogen-bond acceptors (Lipinski definition) is 1. The van der Waals surface area contributed by atoms with Crippen molar-refractivity contribution in [1.82, 2.24) is 0 Å². The maximum absolute atomic E-state index is 4.67. The first-order chi connectivity index (χ1) is 5.41. The smallest absolute Gasteiger partial charge is 0.155 e. The molecule has 0 bridgehead atoms. The molecule has 0 N–H and O–H groups in total. The summed E-state index contributed by atoms with van der Waals surface area (Å²) in [6.07, 6.45) is 6.14. The summed E-state index contributed by atoms with van der Waals surface area (Å²) >= 11 is 0. The van der Waals surface area contributed by atoms with Gasteiger partial charge in [-0.1, -0.05) is 32.1 Å². The molecule has 0 saturated heterocycles. The van der Waals surface area contributed by atoms with Crippen LogP contribution in [-0.4, -0.2) is 7.11 Å². The molecule has 0 atom stereocenters. The minimum atomic E-state index is 1.000. The van der Waals surface area contributed by atoms with E-state index in [0.717, 1.165) is 6.42 Å². The summed E-state index contributed by atoms with van der Waals surface area (Å²) < 4.78 is 4.67. The maximum atomic E-state index is 4.67. The van der Waals surface area contributed by atoms with Crippen molar-refractivity contribution in [3.05, 3.63) is 6.61 Å². The van der Waals surface area contributed by atoms with Crippen molar-refractivity contribution in [3.63, 3.8) is 0 Å². The Kier molecular flexibility index (Phi) is 9.10. The van der Waals surface area contributed by atoms with Gasteiger partial charge < -0.3 is 4.74 Å². The third-order valence-electron chi connectivity index (χ3n) is 1.43. The number of hydrogen-bond donors (Lipinski definition) is 0. The zero-order valence-corrected chi connectivity index (χ0v) is 7.52. The van der Waals surface area contributed by atoms with Crippen LogP contribution in [0.3, 0.4) is 0 Å². The van der Waals surface area contributed by atoms with E-state index in [1.54, 1.807) is 7.11 Å². The van der Waals surface area contributed by atoms with Crippen molar-refractivity contribution in [2.24, 2.45) is 0 Å². The quantitative estimate of drug-likeness (QED) is 0.436. The lowest BCUT2D eigenvalue weighted by Crippen LogP contribution is -1.75. The minimum absolute atomic E-state index is 1.000. The zero-order chi connectivity index (χ0) is 8.36. The monoisotopic (exact) mass is 153 g/mol. The topological polar surface area (TPSA) is 9.23 Å². The summed E-state index contributed by atoms with van der Waals surface area (Å²) in [7, 11) is 1.62. The predicted octanol–water partition coefficient (Wildman–Crippen LogP) is 2.77. The summed E-state index contributed by atoms with van der Waals surface area (Å²) in [6, 6.07) is 0. The third-order valence-corrected chi connectivity index (χ3v) is 1.43. The fourth-order valence-electron chi connectivity index (χ4n) is 0.813. The van der Waals surface area contributed by atoms with Crippen LogP contribution < -0.4 is 0 Å². The number of methoxy groups -OCH3 is 1. The van der Waals surface area contributed by atoms with E-state index < -0.39 is 0 Å². The molecule has 0 amide bonds. The summed E-state index contributed by atoms with van der Waals surface area (Å²) in [5.74, 6) is 5.83. The Balaban J connectivity index is 2.96. The lowest BCUT2D eigenvalue weighted by atomic mass is 10.2. The molecule has 1 radical (unpaired) electrons.